The van der Waals surface area contributed by atoms with Crippen molar-refractivity contribution in [3.63, 3.8) is 0 Å². The van der Waals surface area contributed by atoms with Gasteiger partial charge < -0.3 is 20.1 Å². The topological polar surface area (TPSA) is 78.9 Å². The third-order valence-corrected chi connectivity index (χ3v) is 7.98. The molecule has 8 heteroatoms. The minimum atomic E-state index is -0.689. The van der Waals surface area contributed by atoms with Crippen LogP contribution in [0.5, 0.6) is 5.75 Å². The van der Waals surface area contributed by atoms with E-state index >= 15 is 0 Å². The molecule has 0 bridgehead atoms. The standard InChI is InChI=1S/C30H30Cl2N2O4/c31-19-10-15-25(26(32)18-19)28-27(29(36)33-16-17-38-22-6-2-1-3-7-22)23-8-4-5-9-24(23)30(37)34(28)20-11-13-21(35)14-12-20/h1-10,15,18,20-21,27-28,35H,11-14,16-17H2,(H,33,36)/t20?,21?,27-,28+/m1/s1. The van der Waals surface area contributed by atoms with Gasteiger partial charge in [-0.05, 0) is 67.1 Å². The predicted molar refractivity (Wildman–Crippen MR) is 148 cm³/mol. The predicted octanol–water partition coefficient (Wildman–Crippen LogP) is 5.77. The van der Waals surface area contributed by atoms with E-state index in [2.05, 4.69) is 5.32 Å². The monoisotopic (exact) mass is 552 g/mol. The summed E-state index contributed by atoms with van der Waals surface area (Å²) in [6.45, 7) is 0.608. The van der Waals surface area contributed by atoms with E-state index in [1.54, 1.807) is 24.3 Å². The molecule has 6 nitrogen and oxygen atoms in total. The number of rotatable bonds is 7. The van der Waals surface area contributed by atoms with E-state index in [-0.39, 0.29) is 24.0 Å². The average Bonchev–Trinajstić information content (AvgIpc) is 2.92. The third kappa shape index (κ3) is 5.53. The largest absolute Gasteiger partial charge is 0.492 e. The van der Waals surface area contributed by atoms with Gasteiger partial charge >= 0.3 is 0 Å². The molecular formula is C30H30Cl2N2O4. The molecule has 2 atom stereocenters. The van der Waals surface area contributed by atoms with Crippen molar-refractivity contribution in [2.75, 3.05) is 13.2 Å². The molecule has 2 amide bonds. The van der Waals surface area contributed by atoms with E-state index in [1.165, 1.54) is 0 Å². The van der Waals surface area contributed by atoms with Crippen LogP contribution in [-0.4, -0.2) is 47.1 Å². The summed E-state index contributed by atoms with van der Waals surface area (Å²) < 4.78 is 5.76. The Labute approximate surface area is 232 Å². The van der Waals surface area contributed by atoms with Crippen LogP contribution < -0.4 is 10.1 Å². The fourth-order valence-corrected chi connectivity index (χ4v) is 6.13. The summed E-state index contributed by atoms with van der Waals surface area (Å²) in [7, 11) is 0. The quantitative estimate of drug-likeness (QED) is 0.364. The van der Waals surface area contributed by atoms with Crippen LogP contribution in [0.2, 0.25) is 10.0 Å². The van der Waals surface area contributed by atoms with Crippen LogP contribution in [0.15, 0.2) is 72.8 Å². The normalized spacial score (nSPS) is 23.0. The molecule has 38 heavy (non-hydrogen) atoms. The van der Waals surface area contributed by atoms with Crippen molar-refractivity contribution in [2.24, 2.45) is 0 Å². The van der Waals surface area contributed by atoms with Crippen LogP contribution in [0, 0.1) is 0 Å². The summed E-state index contributed by atoms with van der Waals surface area (Å²) in [5, 5.41) is 14.0. The summed E-state index contributed by atoms with van der Waals surface area (Å²) in [6.07, 6.45) is 2.13. The smallest absolute Gasteiger partial charge is 0.254 e. The number of hydrogen-bond acceptors (Lipinski definition) is 4. The summed E-state index contributed by atoms with van der Waals surface area (Å²) >= 11 is 12.9. The molecule has 3 aromatic carbocycles. The van der Waals surface area contributed by atoms with E-state index < -0.39 is 12.0 Å². The molecule has 0 spiro atoms. The summed E-state index contributed by atoms with van der Waals surface area (Å²) in [5.41, 5.74) is 1.86. The van der Waals surface area contributed by atoms with E-state index in [4.69, 9.17) is 27.9 Å². The average molecular weight is 553 g/mol. The number of nitrogens with one attached hydrogen (secondary N) is 1. The number of fused-ring (bicyclic) bond motifs is 1. The zero-order valence-electron chi connectivity index (χ0n) is 20.9. The summed E-state index contributed by atoms with van der Waals surface area (Å²) in [6, 6.07) is 21.1. The van der Waals surface area contributed by atoms with Crippen molar-refractivity contribution in [3.8, 4) is 5.75 Å². The minimum Gasteiger partial charge on any atom is -0.492 e. The second-order valence-corrected chi connectivity index (χ2v) is 10.6. The first-order valence-electron chi connectivity index (χ1n) is 12.9. The van der Waals surface area contributed by atoms with Crippen LogP contribution in [0.25, 0.3) is 0 Å². The van der Waals surface area contributed by atoms with Crippen molar-refractivity contribution >= 4 is 35.0 Å². The molecule has 198 valence electrons. The van der Waals surface area contributed by atoms with E-state index in [1.807, 2.05) is 53.4 Å². The molecule has 1 aliphatic carbocycles. The van der Waals surface area contributed by atoms with Crippen LogP contribution in [0.4, 0.5) is 0 Å². The lowest BCUT2D eigenvalue weighted by atomic mass is 9.77. The molecule has 0 radical (unpaired) electrons. The number of carbonyl (C=O) groups excluding carboxylic acids is 2. The Bertz CT molecular complexity index is 1290. The molecule has 1 fully saturated rings. The SMILES string of the molecule is O=C(NCCOc1ccccc1)[C@@H]1c2ccccc2C(=O)N(C2CCC(O)CC2)[C@H]1c1ccc(Cl)cc1Cl. The number of amides is 2. The van der Waals surface area contributed by atoms with E-state index in [0.717, 1.165) is 5.75 Å². The summed E-state index contributed by atoms with van der Waals surface area (Å²) in [5.74, 6) is -0.300. The first-order chi connectivity index (χ1) is 18.4. The Hall–Kier alpha value is -3.06. The molecule has 0 saturated heterocycles. The van der Waals surface area contributed by atoms with Gasteiger partial charge in [-0.15, -0.1) is 0 Å². The maximum Gasteiger partial charge on any atom is 0.254 e. The molecule has 1 saturated carbocycles. The highest BCUT2D eigenvalue weighted by Gasteiger charge is 2.47. The van der Waals surface area contributed by atoms with Crippen molar-refractivity contribution in [1.29, 1.82) is 0 Å². The van der Waals surface area contributed by atoms with Gasteiger partial charge in [-0.3, -0.25) is 9.59 Å². The lowest BCUT2D eigenvalue weighted by molar-refractivity contribution is -0.124. The Morgan fingerprint density at radius 1 is 0.947 bits per heavy atom. The number of benzene rings is 3. The molecule has 5 rings (SSSR count). The zero-order chi connectivity index (χ0) is 26.6. The Morgan fingerprint density at radius 2 is 1.66 bits per heavy atom. The molecule has 2 aliphatic rings. The lowest BCUT2D eigenvalue weighted by Crippen LogP contribution is -2.52. The van der Waals surface area contributed by atoms with Gasteiger partial charge in [0.1, 0.15) is 12.4 Å². The molecule has 3 aromatic rings. The number of aliphatic hydroxyl groups excluding tert-OH is 1. The number of ether oxygens (including phenoxy) is 1. The fraction of sp³-hybridized carbons (Fsp3) is 0.333. The number of hydrogen-bond donors (Lipinski definition) is 2. The first-order valence-corrected chi connectivity index (χ1v) is 13.7. The van der Waals surface area contributed by atoms with Crippen LogP contribution >= 0.6 is 23.2 Å². The second-order valence-electron chi connectivity index (χ2n) is 9.80. The number of halogens is 2. The highest BCUT2D eigenvalue weighted by molar-refractivity contribution is 6.35. The van der Waals surface area contributed by atoms with Gasteiger partial charge in [-0.2, -0.15) is 0 Å². The van der Waals surface area contributed by atoms with Gasteiger partial charge in [0.2, 0.25) is 5.91 Å². The van der Waals surface area contributed by atoms with Crippen LogP contribution in [-0.2, 0) is 4.79 Å². The van der Waals surface area contributed by atoms with Gasteiger partial charge in [-0.25, -0.2) is 0 Å². The second kappa shape index (κ2) is 11.8. The maximum atomic E-state index is 14.0. The number of carbonyl (C=O) groups is 2. The fourth-order valence-electron chi connectivity index (χ4n) is 5.61. The van der Waals surface area contributed by atoms with Gasteiger partial charge in [0.15, 0.2) is 0 Å². The van der Waals surface area contributed by atoms with Crippen LogP contribution in [0.3, 0.4) is 0 Å². The highest BCUT2D eigenvalue weighted by atomic mass is 35.5. The zero-order valence-corrected chi connectivity index (χ0v) is 22.4. The van der Waals surface area contributed by atoms with E-state index in [0.29, 0.717) is 65.6 Å². The minimum absolute atomic E-state index is 0.130. The van der Waals surface area contributed by atoms with Gasteiger partial charge in [0.05, 0.1) is 24.6 Å². The Balaban J connectivity index is 1.50. The Morgan fingerprint density at radius 3 is 2.39 bits per heavy atom. The van der Waals surface area contributed by atoms with Gasteiger partial charge in [-0.1, -0.05) is 65.7 Å². The van der Waals surface area contributed by atoms with Gasteiger partial charge in [0, 0.05) is 21.7 Å². The molecule has 1 aliphatic heterocycles. The van der Waals surface area contributed by atoms with E-state index in [9.17, 15) is 14.7 Å². The van der Waals surface area contributed by atoms with Crippen LogP contribution in [0.1, 0.15) is 59.1 Å². The number of para-hydroxylation sites is 1. The molecule has 1 heterocycles. The first kappa shape index (κ1) is 26.5. The third-order valence-electron chi connectivity index (χ3n) is 7.41. The molecule has 0 unspecified atom stereocenters. The molecule has 0 aromatic heterocycles. The van der Waals surface area contributed by atoms with Gasteiger partial charge in [0.25, 0.3) is 5.91 Å². The summed E-state index contributed by atoms with van der Waals surface area (Å²) in [4.78, 5) is 29.7. The van der Waals surface area contributed by atoms with Crippen molar-refractivity contribution in [1.82, 2.24) is 10.2 Å². The Kier molecular flexibility index (Phi) is 8.22. The number of nitrogens with zero attached hydrogens (tertiary/aromatic N) is 1. The number of aliphatic hydroxyl groups is 1. The van der Waals surface area contributed by atoms with Crippen molar-refractivity contribution < 1.29 is 19.4 Å². The lowest BCUT2D eigenvalue weighted by Gasteiger charge is -2.47. The highest BCUT2D eigenvalue weighted by Crippen LogP contribution is 2.47. The van der Waals surface area contributed by atoms with Crippen molar-refractivity contribution in [2.45, 2.75) is 49.8 Å². The molecular weight excluding hydrogens is 523 g/mol. The maximum absolute atomic E-state index is 14.0. The van der Waals surface area contributed by atoms with Crippen molar-refractivity contribution in [3.05, 3.63) is 99.5 Å². The molecule has 2 N–H and O–H groups in total.